The molecule has 5 heteroatoms. The Morgan fingerprint density at radius 3 is 3.12 bits per heavy atom. The van der Waals surface area contributed by atoms with Gasteiger partial charge in [0.1, 0.15) is 0 Å². The van der Waals surface area contributed by atoms with E-state index < -0.39 is 5.97 Å². The Hall–Kier alpha value is -1.36. The summed E-state index contributed by atoms with van der Waals surface area (Å²) in [5.74, 6) is -0.403. The van der Waals surface area contributed by atoms with Crippen molar-refractivity contribution in [3.63, 3.8) is 0 Å². The SMILES string of the molecule is CC1CCCCCN1Cc1cc(C(=O)O)no1. The molecule has 1 unspecified atom stereocenters. The highest BCUT2D eigenvalue weighted by Gasteiger charge is 2.19. The molecule has 1 atom stereocenters. The molecule has 1 aliphatic rings. The number of carboxylic acids is 1. The number of carbonyl (C=O) groups is 1. The molecule has 5 nitrogen and oxygen atoms in total. The monoisotopic (exact) mass is 238 g/mol. The molecule has 0 radical (unpaired) electrons. The maximum absolute atomic E-state index is 10.7. The molecular formula is C12H18N2O3. The molecule has 0 saturated carbocycles. The second-order valence-corrected chi connectivity index (χ2v) is 4.65. The van der Waals surface area contributed by atoms with E-state index in [9.17, 15) is 4.79 Å². The van der Waals surface area contributed by atoms with Crippen LogP contribution in [-0.2, 0) is 6.54 Å². The maximum atomic E-state index is 10.7. The smallest absolute Gasteiger partial charge is 0.358 e. The number of aromatic carboxylic acids is 1. The van der Waals surface area contributed by atoms with Crippen LogP contribution in [0.5, 0.6) is 0 Å². The first-order chi connectivity index (χ1) is 8.16. The normalized spacial score (nSPS) is 22.3. The largest absolute Gasteiger partial charge is 0.476 e. The molecule has 1 aromatic rings. The van der Waals surface area contributed by atoms with Crippen LogP contribution < -0.4 is 0 Å². The molecule has 0 bridgehead atoms. The summed E-state index contributed by atoms with van der Waals surface area (Å²) in [7, 11) is 0. The van der Waals surface area contributed by atoms with Crippen LogP contribution in [0.25, 0.3) is 0 Å². The van der Waals surface area contributed by atoms with Crippen molar-refractivity contribution in [2.24, 2.45) is 0 Å². The molecule has 0 aliphatic carbocycles. The van der Waals surface area contributed by atoms with Gasteiger partial charge in [-0.25, -0.2) is 4.79 Å². The highest BCUT2D eigenvalue weighted by atomic mass is 16.5. The van der Waals surface area contributed by atoms with Gasteiger partial charge in [0.05, 0.1) is 6.54 Å². The Balaban J connectivity index is 2.00. The van der Waals surface area contributed by atoms with Crippen molar-refractivity contribution in [2.45, 2.75) is 45.2 Å². The summed E-state index contributed by atoms with van der Waals surface area (Å²) in [4.78, 5) is 13.0. The van der Waals surface area contributed by atoms with Gasteiger partial charge in [0, 0.05) is 12.1 Å². The number of rotatable bonds is 3. The Labute approximate surface area is 100 Å². The third-order valence-corrected chi connectivity index (χ3v) is 3.33. The zero-order valence-corrected chi connectivity index (χ0v) is 10.1. The zero-order valence-electron chi connectivity index (χ0n) is 10.1. The summed E-state index contributed by atoms with van der Waals surface area (Å²) < 4.78 is 5.05. The molecule has 1 aliphatic heterocycles. The Bertz CT molecular complexity index is 389. The molecule has 1 aromatic heterocycles. The van der Waals surface area contributed by atoms with E-state index in [-0.39, 0.29) is 5.69 Å². The topological polar surface area (TPSA) is 66.6 Å². The van der Waals surface area contributed by atoms with Crippen molar-refractivity contribution in [3.05, 3.63) is 17.5 Å². The molecule has 0 amide bonds. The van der Waals surface area contributed by atoms with Crippen LogP contribution in [0.4, 0.5) is 0 Å². The van der Waals surface area contributed by atoms with Crippen molar-refractivity contribution in [1.29, 1.82) is 0 Å². The van der Waals surface area contributed by atoms with Crippen LogP contribution in [0, 0.1) is 0 Å². The molecule has 0 aromatic carbocycles. The van der Waals surface area contributed by atoms with Gasteiger partial charge >= 0.3 is 5.97 Å². The van der Waals surface area contributed by atoms with Gasteiger partial charge in [-0.3, -0.25) is 4.90 Å². The second-order valence-electron chi connectivity index (χ2n) is 4.65. The average Bonchev–Trinajstić information content (AvgIpc) is 2.66. The van der Waals surface area contributed by atoms with Crippen LogP contribution in [0.2, 0.25) is 0 Å². The lowest BCUT2D eigenvalue weighted by Gasteiger charge is -2.25. The number of hydrogen-bond acceptors (Lipinski definition) is 4. The van der Waals surface area contributed by atoms with Gasteiger partial charge in [0.25, 0.3) is 0 Å². The lowest BCUT2D eigenvalue weighted by molar-refractivity contribution is 0.0685. The van der Waals surface area contributed by atoms with Crippen LogP contribution in [0.1, 0.15) is 48.9 Å². The molecule has 94 valence electrons. The van der Waals surface area contributed by atoms with Crippen LogP contribution in [-0.4, -0.2) is 33.7 Å². The lowest BCUT2D eigenvalue weighted by Crippen LogP contribution is -2.31. The first kappa shape index (κ1) is 12.1. The summed E-state index contributed by atoms with van der Waals surface area (Å²) in [5.41, 5.74) is -0.0116. The van der Waals surface area contributed by atoms with Crippen LogP contribution in [0.3, 0.4) is 0 Å². The van der Waals surface area contributed by atoms with E-state index in [1.807, 2.05) is 0 Å². The fourth-order valence-electron chi connectivity index (χ4n) is 2.26. The lowest BCUT2D eigenvalue weighted by atomic mass is 10.1. The molecule has 0 spiro atoms. The summed E-state index contributed by atoms with van der Waals surface area (Å²) in [6.07, 6.45) is 4.94. The minimum absolute atomic E-state index is 0.0116. The summed E-state index contributed by atoms with van der Waals surface area (Å²) >= 11 is 0. The molecule has 1 fully saturated rings. The van der Waals surface area contributed by atoms with Gasteiger partial charge in [0.15, 0.2) is 11.5 Å². The molecule has 17 heavy (non-hydrogen) atoms. The van der Waals surface area contributed by atoms with Crippen LogP contribution >= 0.6 is 0 Å². The third-order valence-electron chi connectivity index (χ3n) is 3.33. The predicted molar refractivity (Wildman–Crippen MR) is 61.8 cm³/mol. The van der Waals surface area contributed by atoms with E-state index >= 15 is 0 Å². The fourth-order valence-corrected chi connectivity index (χ4v) is 2.26. The summed E-state index contributed by atoms with van der Waals surface area (Å²) in [5, 5.41) is 12.3. The van der Waals surface area contributed by atoms with Gasteiger partial charge in [-0.05, 0) is 26.3 Å². The highest BCUT2D eigenvalue weighted by molar-refractivity contribution is 5.85. The average molecular weight is 238 g/mol. The molecule has 1 saturated heterocycles. The number of aromatic nitrogens is 1. The van der Waals surface area contributed by atoms with Crippen molar-refractivity contribution >= 4 is 5.97 Å². The van der Waals surface area contributed by atoms with Gasteiger partial charge in [-0.1, -0.05) is 18.0 Å². The van der Waals surface area contributed by atoms with Gasteiger partial charge in [0.2, 0.25) is 0 Å². The number of likely N-dealkylation sites (tertiary alicyclic amines) is 1. The minimum atomic E-state index is -1.04. The van der Waals surface area contributed by atoms with E-state index in [1.165, 1.54) is 31.7 Å². The summed E-state index contributed by atoms with van der Waals surface area (Å²) in [6, 6.07) is 2.04. The van der Waals surface area contributed by atoms with E-state index in [0.717, 1.165) is 6.54 Å². The van der Waals surface area contributed by atoms with E-state index in [1.54, 1.807) is 0 Å². The quantitative estimate of drug-likeness (QED) is 0.873. The van der Waals surface area contributed by atoms with Crippen molar-refractivity contribution in [3.8, 4) is 0 Å². The summed E-state index contributed by atoms with van der Waals surface area (Å²) in [6.45, 7) is 3.91. The van der Waals surface area contributed by atoms with Crippen molar-refractivity contribution in [2.75, 3.05) is 6.54 Å². The number of hydrogen-bond donors (Lipinski definition) is 1. The molecular weight excluding hydrogens is 220 g/mol. The van der Waals surface area contributed by atoms with Gasteiger partial charge in [-0.2, -0.15) is 0 Å². The molecule has 1 N–H and O–H groups in total. The number of nitrogens with zero attached hydrogens (tertiary/aromatic N) is 2. The number of carboxylic acid groups (broad SMARTS) is 1. The highest BCUT2D eigenvalue weighted by Crippen LogP contribution is 2.19. The third kappa shape index (κ3) is 3.06. The first-order valence-corrected chi connectivity index (χ1v) is 6.10. The standard InChI is InChI=1S/C12H18N2O3/c1-9-5-3-2-4-6-14(9)8-10-7-11(12(15)16)13-17-10/h7,9H,2-6,8H2,1H3,(H,15,16). The van der Waals surface area contributed by atoms with E-state index in [2.05, 4.69) is 17.0 Å². The molecule has 2 heterocycles. The predicted octanol–water partition coefficient (Wildman–Crippen LogP) is 2.14. The zero-order chi connectivity index (χ0) is 12.3. The van der Waals surface area contributed by atoms with Crippen LogP contribution in [0.15, 0.2) is 10.6 Å². The van der Waals surface area contributed by atoms with Crippen molar-refractivity contribution in [1.82, 2.24) is 10.1 Å². The Morgan fingerprint density at radius 1 is 1.59 bits per heavy atom. The second kappa shape index (κ2) is 5.31. The fraction of sp³-hybridized carbons (Fsp3) is 0.667. The van der Waals surface area contributed by atoms with Crippen molar-refractivity contribution < 1.29 is 14.4 Å². The first-order valence-electron chi connectivity index (χ1n) is 6.10. The van der Waals surface area contributed by atoms with E-state index in [4.69, 9.17) is 9.63 Å². The Morgan fingerprint density at radius 2 is 2.41 bits per heavy atom. The van der Waals surface area contributed by atoms with Gasteiger partial charge in [-0.15, -0.1) is 0 Å². The van der Waals surface area contributed by atoms with Gasteiger partial charge < -0.3 is 9.63 Å². The minimum Gasteiger partial charge on any atom is -0.476 e. The van der Waals surface area contributed by atoms with E-state index in [0.29, 0.717) is 18.3 Å². The molecule has 2 rings (SSSR count). The maximum Gasteiger partial charge on any atom is 0.358 e. The Kier molecular flexibility index (Phi) is 3.78.